The second-order valence-corrected chi connectivity index (χ2v) is 6.70. The Kier molecular flexibility index (Phi) is 6.71. The summed E-state index contributed by atoms with van der Waals surface area (Å²) in [5, 5.41) is 3.07. The largest absolute Gasteiger partial charge is 0.355 e. The van der Waals surface area contributed by atoms with Crippen LogP contribution in [-0.2, 0) is 4.79 Å². The first-order valence-corrected chi connectivity index (χ1v) is 8.57. The van der Waals surface area contributed by atoms with Crippen LogP contribution in [0.3, 0.4) is 0 Å². The molecule has 0 aromatic carbocycles. The Morgan fingerprint density at radius 3 is 3.05 bits per heavy atom. The second kappa shape index (κ2) is 8.54. The summed E-state index contributed by atoms with van der Waals surface area (Å²) in [4.78, 5) is 14.3. The molecule has 0 aromatic rings. The van der Waals surface area contributed by atoms with E-state index < -0.39 is 0 Å². The number of amides is 1. The molecule has 1 heterocycles. The normalized spacial score (nSPS) is 27.2. The molecule has 3 N–H and O–H groups in total. The molecule has 0 radical (unpaired) electrons. The number of carbonyl (C=O) groups excluding carboxylic acids is 1. The van der Waals surface area contributed by atoms with Gasteiger partial charge >= 0.3 is 0 Å². The number of nitrogens with two attached hydrogens (primary N) is 1. The van der Waals surface area contributed by atoms with Crippen molar-refractivity contribution in [2.75, 3.05) is 26.2 Å². The SMILES string of the molecule is CC1CCN(CC(=O)NCCC2=CCCCC2)C(CN)C1. The Labute approximate surface area is 129 Å². The van der Waals surface area contributed by atoms with E-state index in [9.17, 15) is 4.79 Å². The first kappa shape index (κ1) is 16.5. The summed E-state index contributed by atoms with van der Waals surface area (Å²) in [5.41, 5.74) is 7.37. The highest BCUT2D eigenvalue weighted by molar-refractivity contribution is 5.78. The summed E-state index contributed by atoms with van der Waals surface area (Å²) in [5.74, 6) is 0.885. The third-order valence-electron chi connectivity index (χ3n) is 4.87. The Morgan fingerprint density at radius 2 is 2.33 bits per heavy atom. The molecule has 21 heavy (non-hydrogen) atoms. The van der Waals surface area contributed by atoms with Crippen molar-refractivity contribution in [1.29, 1.82) is 0 Å². The Balaban J connectivity index is 1.67. The fourth-order valence-electron chi connectivity index (χ4n) is 3.49. The van der Waals surface area contributed by atoms with Crippen LogP contribution in [0.25, 0.3) is 0 Å². The summed E-state index contributed by atoms with van der Waals surface area (Å²) >= 11 is 0. The van der Waals surface area contributed by atoms with Crippen LogP contribution in [0.1, 0.15) is 51.9 Å². The third kappa shape index (κ3) is 5.44. The highest BCUT2D eigenvalue weighted by Gasteiger charge is 2.26. The highest BCUT2D eigenvalue weighted by atomic mass is 16.2. The molecule has 1 amide bonds. The molecular formula is C17H31N3O. The predicted octanol–water partition coefficient (Wildman–Crippen LogP) is 2.05. The fraction of sp³-hybridized carbons (Fsp3) is 0.824. The molecule has 1 fully saturated rings. The van der Waals surface area contributed by atoms with Crippen LogP contribution in [-0.4, -0.2) is 43.0 Å². The zero-order valence-electron chi connectivity index (χ0n) is 13.4. The standard InChI is InChI=1S/C17H31N3O/c1-14-8-10-20(16(11-14)12-18)13-17(21)19-9-7-15-5-3-2-4-6-15/h5,14,16H,2-4,6-13,18H2,1H3,(H,19,21). The quantitative estimate of drug-likeness (QED) is 0.737. The lowest BCUT2D eigenvalue weighted by atomic mass is 9.92. The van der Waals surface area contributed by atoms with Crippen molar-refractivity contribution in [1.82, 2.24) is 10.2 Å². The molecule has 2 rings (SSSR count). The molecule has 0 spiro atoms. The number of hydrogen-bond donors (Lipinski definition) is 2. The first-order valence-electron chi connectivity index (χ1n) is 8.57. The summed E-state index contributed by atoms with van der Waals surface area (Å²) in [6, 6.07) is 0.376. The van der Waals surface area contributed by atoms with Crippen LogP contribution in [0.2, 0.25) is 0 Å². The van der Waals surface area contributed by atoms with Crippen LogP contribution in [0.5, 0.6) is 0 Å². The van der Waals surface area contributed by atoms with Crippen molar-refractivity contribution in [2.24, 2.45) is 11.7 Å². The van der Waals surface area contributed by atoms with Crippen LogP contribution in [0.4, 0.5) is 0 Å². The van der Waals surface area contributed by atoms with E-state index in [1.807, 2.05) is 0 Å². The van der Waals surface area contributed by atoms with Gasteiger partial charge in [0.15, 0.2) is 0 Å². The summed E-state index contributed by atoms with van der Waals surface area (Å²) in [6.45, 7) is 5.22. The molecule has 2 atom stereocenters. The van der Waals surface area contributed by atoms with E-state index in [0.717, 1.165) is 31.8 Å². The predicted molar refractivity (Wildman–Crippen MR) is 87.0 cm³/mol. The van der Waals surface area contributed by atoms with Gasteiger partial charge in [-0.3, -0.25) is 9.69 Å². The van der Waals surface area contributed by atoms with Crippen molar-refractivity contribution in [3.05, 3.63) is 11.6 Å². The van der Waals surface area contributed by atoms with Gasteiger partial charge in [-0.1, -0.05) is 18.6 Å². The van der Waals surface area contributed by atoms with Gasteiger partial charge in [0.25, 0.3) is 0 Å². The van der Waals surface area contributed by atoms with Gasteiger partial charge in [-0.15, -0.1) is 0 Å². The van der Waals surface area contributed by atoms with E-state index >= 15 is 0 Å². The van der Waals surface area contributed by atoms with E-state index in [4.69, 9.17) is 5.73 Å². The fourth-order valence-corrected chi connectivity index (χ4v) is 3.49. The maximum atomic E-state index is 12.1. The molecule has 2 unspecified atom stereocenters. The average Bonchev–Trinajstić information content (AvgIpc) is 2.50. The minimum absolute atomic E-state index is 0.152. The lowest BCUT2D eigenvalue weighted by molar-refractivity contribution is -0.123. The molecule has 1 aliphatic carbocycles. The monoisotopic (exact) mass is 293 g/mol. The van der Waals surface area contributed by atoms with Gasteiger partial charge in [0.05, 0.1) is 6.54 Å². The van der Waals surface area contributed by atoms with Crippen molar-refractivity contribution >= 4 is 5.91 Å². The summed E-state index contributed by atoms with van der Waals surface area (Å²) in [6.07, 6.45) is 10.7. The summed E-state index contributed by atoms with van der Waals surface area (Å²) < 4.78 is 0. The van der Waals surface area contributed by atoms with Crippen LogP contribution in [0, 0.1) is 5.92 Å². The lowest BCUT2D eigenvalue weighted by Gasteiger charge is -2.37. The number of nitrogens with zero attached hydrogens (tertiary/aromatic N) is 1. The zero-order chi connectivity index (χ0) is 15.1. The number of rotatable bonds is 6. The minimum atomic E-state index is 0.152. The third-order valence-corrected chi connectivity index (χ3v) is 4.87. The maximum absolute atomic E-state index is 12.1. The average molecular weight is 293 g/mol. The van der Waals surface area contributed by atoms with Crippen LogP contribution in [0.15, 0.2) is 11.6 Å². The van der Waals surface area contributed by atoms with Crippen molar-refractivity contribution in [3.63, 3.8) is 0 Å². The van der Waals surface area contributed by atoms with Gasteiger partial charge < -0.3 is 11.1 Å². The zero-order valence-corrected chi connectivity index (χ0v) is 13.4. The molecule has 1 saturated heterocycles. The molecule has 0 bridgehead atoms. The van der Waals surface area contributed by atoms with Gasteiger partial charge in [0.1, 0.15) is 0 Å². The number of nitrogens with one attached hydrogen (secondary N) is 1. The lowest BCUT2D eigenvalue weighted by Crippen LogP contribution is -2.50. The molecular weight excluding hydrogens is 262 g/mol. The minimum Gasteiger partial charge on any atom is -0.355 e. The van der Waals surface area contributed by atoms with E-state index in [-0.39, 0.29) is 5.91 Å². The number of allylic oxidation sites excluding steroid dienone is 1. The van der Waals surface area contributed by atoms with E-state index in [0.29, 0.717) is 19.1 Å². The van der Waals surface area contributed by atoms with Gasteiger partial charge in [0.2, 0.25) is 5.91 Å². The van der Waals surface area contributed by atoms with E-state index in [1.54, 1.807) is 0 Å². The number of hydrogen-bond acceptors (Lipinski definition) is 3. The Hall–Kier alpha value is -0.870. The highest BCUT2D eigenvalue weighted by Crippen LogP contribution is 2.21. The Morgan fingerprint density at radius 1 is 1.48 bits per heavy atom. The number of likely N-dealkylation sites (tertiary alicyclic amines) is 1. The molecule has 4 nitrogen and oxygen atoms in total. The molecule has 120 valence electrons. The molecule has 4 heteroatoms. The topological polar surface area (TPSA) is 58.4 Å². The van der Waals surface area contributed by atoms with Gasteiger partial charge in [0, 0.05) is 19.1 Å². The van der Waals surface area contributed by atoms with Gasteiger partial charge in [-0.05, 0) is 57.4 Å². The van der Waals surface area contributed by atoms with Crippen molar-refractivity contribution < 1.29 is 4.79 Å². The van der Waals surface area contributed by atoms with Crippen LogP contribution >= 0.6 is 0 Å². The first-order chi connectivity index (χ1) is 10.2. The number of carbonyl (C=O) groups is 1. The van der Waals surface area contributed by atoms with Gasteiger partial charge in [-0.25, -0.2) is 0 Å². The van der Waals surface area contributed by atoms with Crippen molar-refractivity contribution in [3.8, 4) is 0 Å². The Bertz CT molecular complexity index is 367. The van der Waals surface area contributed by atoms with Crippen molar-refractivity contribution in [2.45, 2.75) is 57.9 Å². The van der Waals surface area contributed by atoms with Crippen LogP contribution < -0.4 is 11.1 Å². The molecule has 0 saturated carbocycles. The molecule has 2 aliphatic rings. The van der Waals surface area contributed by atoms with E-state index in [1.165, 1.54) is 37.7 Å². The smallest absolute Gasteiger partial charge is 0.234 e. The van der Waals surface area contributed by atoms with Gasteiger partial charge in [-0.2, -0.15) is 0 Å². The second-order valence-electron chi connectivity index (χ2n) is 6.70. The number of piperidine rings is 1. The maximum Gasteiger partial charge on any atom is 0.234 e. The molecule has 1 aliphatic heterocycles. The van der Waals surface area contributed by atoms with E-state index in [2.05, 4.69) is 23.2 Å². The summed E-state index contributed by atoms with van der Waals surface area (Å²) in [7, 11) is 0. The molecule has 0 aromatic heterocycles.